The van der Waals surface area contributed by atoms with Gasteiger partial charge in [0.15, 0.2) is 10.1 Å². The quantitative estimate of drug-likeness (QED) is 0.506. The first-order valence-corrected chi connectivity index (χ1v) is 6.89. The fourth-order valence-electron chi connectivity index (χ4n) is 1.47. The van der Waals surface area contributed by atoms with E-state index < -0.39 is 30.1 Å². The van der Waals surface area contributed by atoms with Gasteiger partial charge >= 0.3 is 0 Å². The van der Waals surface area contributed by atoms with E-state index in [-0.39, 0.29) is 0 Å². The lowest BCUT2D eigenvalue weighted by atomic mass is 10.9. The summed E-state index contributed by atoms with van der Waals surface area (Å²) < 4.78 is 48.9. The number of hydrogen-bond acceptors (Lipinski definition) is 6. The van der Waals surface area contributed by atoms with Crippen LogP contribution in [-0.4, -0.2) is 34.7 Å². The third-order valence-electron chi connectivity index (χ3n) is 2.19. The molecule has 0 aliphatic carbocycles. The molecule has 0 fully saturated rings. The van der Waals surface area contributed by atoms with Gasteiger partial charge in [-0.25, -0.2) is 17.9 Å². The lowest BCUT2D eigenvalue weighted by Gasteiger charge is -2.16. The van der Waals surface area contributed by atoms with Gasteiger partial charge in [0.1, 0.15) is 12.7 Å². The van der Waals surface area contributed by atoms with Crippen LogP contribution in [-0.2, 0) is 20.0 Å². The highest BCUT2D eigenvalue weighted by atomic mass is 32.2. The zero-order valence-corrected chi connectivity index (χ0v) is 9.18. The van der Waals surface area contributed by atoms with Crippen molar-refractivity contribution in [1.82, 2.24) is 17.9 Å². The van der Waals surface area contributed by atoms with Crippen LogP contribution in [0.4, 0.5) is 0 Å². The Morgan fingerprint density at radius 1 is 0.812 bits per heavy atom. The van der Waals surface area contributed by atoms with E-state index in [2.05, 4.69) is 9.97 Å². The minimum absolute atomic E-state index is 0.391. The van der Waals surface area contributed by atoms with E-state index in [1.165, 1.54) is 0 Å². The van der Waals surface area contributed by atoms with Crippen molar-refractivity contribution in [2.45, 2.75) is 10.1 Å². The lowest BCUT2D eigenvalue weighted by molar-refractivity contribution is 0.548. The molecule has 3 heterocycles. The third-order valence-corrected chi connectivity index (χ3v) is 5.70. The highest BCUT2D eigenvalue weighted by Gasteiger charge is 2.38. The molecule has 8 nitrogen and oxygen atoms in total. The van der Waals surface area contributed by atoms with E-state index in [1.54, 1.807) is 0 Å². The second-order valence-corrected chi connectivity index (χ2v) is 6.59. The van der Waals surface area contributed by atoms with Crippen LogP contribution in [0.1, 0.15) is 0 Å². The molecule has 2 aromatic heterocycles. The Hall–Kier alpha value is -1.68. The van der Waals surface area contributed by atoms with E-state index >= 15 is 0 Å². The summed E-state index contributed by atoms with van der Waals surface area (Å²) in [6.45, 7) is 0. The van der Waals surface area contributed by atoms with Gasteiger partial charge in [-0.1, -0.05) is 0 Å². The summed E-state index contributed by atoms with van der Waals surface area (Å²) in [4.78, 5) is 7.06. The zero-order valence-electron chi connectivity index (χ0n) is 7.55. The minimum Gasteiger partial charge on any atom is -0.243 e. The van der Waals surface area contributed by atoms with Crippen molar-refractivity contribution in [2.24, 2.45) is 0 Å². The molecule has 0 aromatic carbocycles. The second kappa shape index (κ2) is 2.52. The maximum absolute atomic E-state index is 11.9. The van der Waals surface area contributed by atoms with E-state index in [0.29, 0.717) is 7.94 Å². The van der Waals surface area contributed by atoms with Crippen LogP contribution in [0.3, 0.4) is 0 Å². The fraction of sp³-hybridized carbons (Fsp3) is 0. The average Bonchev–Trinajstić information content (AvgIpc) is 2.86. The van der Waals surface area contributed by atoms with Crippen molar-refractivity contribution in [3.05, 3.63) is 25.0 Å². The molecule has 1 aliphatic heterocycles. The van der Waals surface area contributed by atoms with Crippen LogP contribution in [0.2, 0.25) is 0 Å². The van der Waals surface area contributed by atoms with Crippen LogP contribution in [0, 0.1) is 0 Å². The molecule has 2 aromatic rings. The number of hydrogen-bond donors (Lipinski definition) is 0. The van der Waals surface area contributed by atoms with Crippen molar-refractivity contribution < 1.29 is 16.8 Å². The van der Waals surface area contributed by atoms with Crippen LogP contribution in [0.5, 0.6) is 0 Å². The van der Waals surface area contributed by atoms with E-state index in [4.69, 9.17) is 0 Å². The largest absolute Gasteiger partial charge is 0.288 e. The van der Waals surface area contributed by atoms with Crippen LogP contribution < -0.4 is 0 Å². The van der Waals surface area contributed by atoms with Gasteiger partial charge in [0.2, 0.25) is 0 Å². The predicted octanol–water partition coefficient (Wildman–Crippen LogP) is -1.13. The van der Waals surface area contributed by atoms with Crippen molar-refractivity contribution in [3.63, 3.8) is 0 Å². The first-order chi connectivity index (χ1) is 7.45. The number of rotatable bonds is 0. The number of fused-ring (bicyclic) bond motifs is 2. The monoisotopic (exact) mass is 260 g/mol. The Labute approximate surface area is 90.3 Å². The molecule has 10 heteroatoms. The fourth-order valence-corrected chi connectivity index (χ4v) is 4.89. The number of imidazole rings is 2. The summed E-state index contributed by atoms with van der Waals surface area (Å²) in [6, 6.07) is 0. The average molecular weight is 260 g/mol. The van der Waals surface area contributed by atoms with Gasteiger partial charge in [-0.15, -0.1) is 0 Å². The van der Waals surface area contributed by atoms with Crippen molar-refractivity contribution >= 4 is 20.0 Å². The summed E-state index contributed by atoms with van der Waals surface area (Å²) in [6.07, 6.45) is 3.85. The second-order valence-electron chi connectivity index (χ2n) is 3.07. The highest BCUT2D eigenvalue weighted by Crippen LogP contribution is 2.27. The molecule has 0 unspecified atom stereocenters. The Morgan fingerprint density at radius 2 is 1.19 bits per heavy atom. The van der Waals surface area contributed by atoms with E-state index in [0.717, 1.165) is 25.0 Å². The predicted molar refractivity (Wildman–Crippen MR) is 49.6 cm³/mol. The molecule has 84 valence electrons. The first kappa shape index (κ1) is 9.54. The molecule has 0 N–H and O–H groups in total. The summed E-state index contributed by atoms with van der Waals surface area (Å²) >= 11 is 0. The summed E-state index contributed by atoms with van der Waals surface area (Å²) in [5.41, 5.74) is 0. The molecule has 3 rings (SSSR count). The highest BCUT2D eigenvalue weighted by molar-refractivity contribution is 7.95. The van der Waals surface area contributed by atoms with Gasteiger partial charge in [0.25, 0.3) is 20.0 Å². The Bertz CT molecular complexity index is 665. The number of aromatic nitrogens is 4. The van der Waals surface area contributed by atoms with Crippen LogP contribution in [0.15, 0.2) is 35.1 Å². The molecule has 0 amide bonds. The van der Waals surface area contributed by atoms with Crippen molar-refractivity contribution in [2.75, 3.05) is 0 Å². The van der Waals surface area contributed by atoms with Gasteiger partial charge in [-0.2, -0.15) is 16.8 Å². The van der Waals surface area contributed by atoms with Gasteiger partial charge in [-0.3, -0.25) is 0 Å². The molecule has 1 aliphatic rings. The molecule has 0 atom stereocenters. The van der Waals surface area contributed by atoms with Gasteiger partial charge in [0, 0.05) is 0 Å². The maximum atomic E-state index is 11.9. The standard InChI is InChI=1S/C6H4N4O4S2/c11-15(12)5-1-7-3-9(5)16(13,14)6-2-8-4-10(6)15/h1-4H. The molecular formula is C6H4N4O4S2. The molecule has 0 saturated heterocycles. The smallest absolute Gasteiger partial charge is 0.243 e. The number of nitrogens with zero attached hydrogens (tertiary/aromatic N) is 4. The summed E-state index contributed by atoms with van der Waals surface area (Å²) in [5.74, 6) is 0. The molecule has 0 saturated carbocycles. The molecular weight excluding hydrogens is 256 g/mol. The summed E-state index contributed by atoms with van der Waals surface area (Å²) in [7, 11) is -7.82. The van der Waals surface area contributed by atoms with Crippen LogP contribution >= 0.6 is 0 Å². The van der Waals surface area contributed by atoms with E-state index in [1.807, 2.05) is 0 Å². The third kappa shape index (κ3) is 0.881. The molecule has 0 radical (unpaired) electrons. The maximum Gasteiger partial charge on any atom is 0.288 e. The van der Waals surface area contributed by atoms with Gasteiger partial charge < -0.3 is 0 Å². The van der Waals surface area contributed by atoms with Crippen molar-refractivity contribution in [1.29, 1.82) is 0 Å². The Balaban J connectivity index is 2.59. The lowest BCUT2D eigenvalue weighted by Crippen LogP contribution is -2.30. The Morgan fingerprint density at radius 3 is 1.56 bits per heavy atom. The Kier molecular flexibility index (Phi) is 1.50. The van der Waals surface area contributed by atoms with Crippen LogP contribution in [0.25, 0.3) is 0 Å². The first-order valence-electron chi connectivity index (χ1n) is 4.01. The summed E-state index contributed by atoms with van der Waals surface area (Å²) in [5, 5.41) is -0.781. The topological polar surface area (TPSA) is 104 Å². The molecule has 16 heavy (non-hydrogen) atoms. The minimum atomic E-state index is -3.91. The zero-order chi connectivity index (χ0) is 11.6. The molecule has 0 bridgehead atoms. The normalized spacial score (nSPS) is 20.0. The van der Waals surface area contributed by atoms with Gasteiger partial charge in [-0.05, 0) is 0 Å². The molecule has 0 spiro atoms. The van der Waals surface area contributed by atoms with Gasteiger partial charge in [0.05, 0.1) is 12.4 Å². The van der Waals surface area contributed by atoms with Crippen molar-refractivity contribution in [3.8, 4) is 0 Å². The SMILES string of the molecule is O=S1(=O)c2cncn2S(=O)(=O)c2cncn21. The van der Waals surface area contributed by atoms with E-state index in [9.17, 15) is 16.8 Å².